The van der Waals surface area contributed by atoms with E-state index in [9.17, 15) is 9.59 Å². The summed E-state index contributed by atoms with van der Waals surface area (Å²) in [6.07, 6.45) is 1.89. The van der Waals surface area contributed by atoms with Gasteiger partial charge in [-0.1, -0.05) is 30.3 Å². The number of aromatic nitrogens is 1. The maximum Gasteiger partial charge on any atom is 0.269 e. The van der Waals surface area contributed by atoms with E-state index in [1.165, 1.54) is 0 Å². The van der Waals surface area contributed by atoms with Gasteiger partial charge in [0.05, 0.1) is 26.2 Å². The topological polar surface area (TPSA) is 102 Å². The third-order valence-electron chi connectivity index (χ3n) is 5.20. The predicted molar refractivity (Wildman–Crippen MR) is 130 cm³/mol. The van der Waals surface area contributed by atoms with Crippen molar-refractivity contribution in [3.63, 3.8) is 0 Å². The van der Waals surface area contributed by atoms with E-state index in [1.54, 1.807) is 44.7 Å². The lowest BCUT2D eigenvalue weighted by molar-refractivity contribution is -0.121. The van der Waals surface area contributed by atoms with E-state index in [0.717, 1.165) is 27.8 Å². The minimum absolute atomic E-state index is 0.181. The van der Waals surface area contributed by atoms with Crippen LogP contribution in [0.2, 0.25) is 0 Å². The standard InChI is InChI=1S/C26H24N4O4/c1-33-23-15-20-21(12-13-27-22(20)16-24(23)34-2)28-19-10-8-18(9-11-19)26(32)30-29-25(31)14-17-6-4-3-5-7-17/h3-13,15-16H,14H2,1-2H3,(H,27,28)(H,29,31)(H,30,32). The summed E-state index contributed by atoms with van der Waals surface area (Å²) in [5.41, 5.74) is 8.53. The summed E-state index contributed by atoms with van der Waals surface area (Å²) in [6, 6.07) is 21.8. The summed E-state index contributed by atoms with van der Waals surface area (Å²) >= 11 is 0. The summed E-state index contributed by atoms with van der Waals surface area (Å²) < 4.78 is 10.8. The number of hydrogen-bond acceptors (Lipinski definition) is 6. The molecule has 0 aliphatic heterocycles. The molecule has 0 aliphatic rings. The minimum atomic E-state index is -0.404. The van der Waals surface area contributed by atoms with Crippen LogP contribution in [0.15, 0.2) is 79.0 Å². The van der Waals surface area contributed by atoms with E-state index in [4.69, 9.17) is 9.47 Å². The molecule has 172 valence electrons. The summed E-state index contributed by atoms with van der Waals surface area (Å²) in [6.45, 7) is 0. The second-order valence-electron chi connectivity index (χ2n) is 7.45. The van der Waals surface area contributed by atoms with Crippen molar-refractivity contribution < 1.29 is 19.1 Å². The van der Waals surface area contributed by atoms with Gasteiger partial charge in [0, 0.05) is 34.6 Å². The van der Waals surface area contributed by atoms with Gasteiger partial charge in [0.15, 0.2) is 11.5 Å². The number of ether oxygens (including phenoxy) is 2. The molecule has 1 heterocycles. The van der Waals surface area contributed by atoms with Gasteiger partial charge in [0.25, 0.3) is 5.91 Å². The van der Waals surface area contributed by atoms with Gasteiger partial charge in [-0.05, 0) is 42.0 Å². The highest BCUT2D eigenvalue weighted by molar-refractivity contribution is 5.97. The molecule has 3 N–H and O–H groups in total. The quantitative estimate of drug-likeness (QED) is 0.364. The lowest BCUT2D eigenvalue weighted by Crippen LogP contribution is -2.42. The van der Waals surface area contributed by atoms with E-state index < -0.39 is 5.91 Å². The third-order valence-corrected chi connectivity index (χ3v) is 5.20. The number of benzene rings is 3. The largest absolute Gasteiger partial charge is 0.493 e. The molecule has 4 aromatic rings. The monoisotopic (exact) mass is 456 g/mol. The highest BCUT2D eigenvalue weighted by atomic mass is 16.5. The van der Waals surface area contributed by atoms with Crippen molar-refractivity contribution in [1.29, 1.82) is 0 Å². The summed E-state index contributed by atoms with van der Waals surface area (Å²) in [7, 11) is 3.17. The molecule has 8 nitrogen and oxygen atoms in total. The predicted octanol–water partition coefficient (Wildman–Crippen LogP) is 4.00. The molecule has 0 aliphatic carbocycles. The van der Waals surface area contributed by atoms with Crippen molar-refractivity contribution in [1.82, 2.24) is 15.8 Å². The Labute approximate surface area is 196 Å². The number of pyridine rings is 1. The average molecular weight is 457 g/mol. The SMILES string of the molecule is COc1cc2nccc(Nc3ccc(C(=O)NNC(=O)Cc4ccccc4)cc3)c2cc1OC. The van der Waals surface area contributed by atoms with E-state index >= 15 is 0 Å². The molecule has 1 aromatic heterocycles. The van der Waals surface area contributed by atoms with Gasteiger partial charge in [-0.2, -0.15) is 0 Å². The van der Waals surface area contributed by atoms with E-state index in [0.29, 0.717) is 17.1 Å². The zero-order valence-electron chi connectivity index (χ0n) is 18.8. The van der Waals surface area contributed by atoms with Crippen LogP contribution in [0.25, 0.3) is 10.9 Å². The Hall–Kier alpha value is -4.59. The van der Waals surface area contributed by atoms with Gasteiger partial charge in [0.1, 0.15) is 0 Å². The van der Waals surface area contributed by atoms with Crippen LogP contribution in [0.4, 0.5) is 11.4 Å². The summed E-state index contributed by atoms with van der Waals surface area (Å²) in [5.74, 6) is 0.506. The highest BCUT2D eigenvalue weighted by Gasteiger charge is 2.11. The van der Waals surface area contributed by atoms with Gasteiger partial charge in [-0.15, -0.1) is 0 Å². The fraction of sp³-hybridized carbons (Fsp3) is 0.115. The Bertz CT molecular complexity index is 1310. The van der Waals surface area contributed by atoms with Gasteiger partial charge in [0.2, 0.25) is 5.91 Å². The maximum absolute atomic E-state index is 12.4. The number of hydrazine groups is 1. The molecule has 0 atom stereocenters. The molecule has 0 saturated carbocycles. The first-order valence-corrected chi connectivity index (χ1v) is 10.6. The van der Waals surface area contributed by atoms with Crippen LogP contribution in [-0.2, 0) is 11.2 Å². The zero-order chi connectivity index (χ0) is 23.9. The van der Waals surface area contributed by atoms with Gasteiger partial charge < -0.3 is 14.8 Å². The number of carbonyl (C=O) groups is 2. The van der Waals surface area contributed by atoms with Crippen molar-refractivity contribution in [2.75, 3.05) is 19.5 Å². The molecule has 0 fully saturated rings. The van der Waals surface area contributed by atoms with Gasteiger partial charge in [-0.3, -0.25) is 25.4 Å². The number of nitrogens with zero attached hydrogens (tertiary/aromatic N) is 1. The van der Waals surface area contributed by atoms with E-state index in [-0.39, 0.29) is 12.3 Å². The molecule has 2 amide bonds. The van der Waals surface area contributed by atoms with Crippen LogP contribution in [0.1, 0.15) is 15.9 Å². The first-order chi connectivity index (χ1) is 16.6. The Kier molecular flexibility index (Phi) is 6.88. The fourth-order valence-electron chi connectivity index (χ4n) is 3.47. The number of anilines is 2. The second kappa shape index (κ2) is 10.4. The molecule has 0 saturated heterocycles. The van der Waals surface area contributed by atoms with Crippen molar-refractivity contribution in [3.8, 4) is 11.5 Å². The van der Waals surface area contributed by atoms with Crippen molar-refractivity contribution >= 4 is 34.1 Å². The molecule has 0 bridgehead atoms. The van der Waals surface area contributed by atoms with Crippen molar-refractivity contribution in [3.05, 3.63) is 90.1 Å². The minimum Gasteiger partial charge on any atom is -0.493 e. The average Bonchev–Trinajstić information content (AvgIpc) is 2.87. The Morgan fingerprint density at radius 2 is 1.56 bits per heavy atom. The molecule has 0 unspecified atom stereocenters. The van der Waals surface area contributed by atoms with Crippen LogP contribution < -0.4 is 25.6 Å². The first-order valence-electron chi connectivity index (χ1n) is 10.6. The number of methoxy groups -OCH3 is 2. The summed E-state index contributed by atoms with van der Waals surface area (Å²) in [4.78, 5) is 28.8. The van der Waals surface area contributed by atoms with Crippen LogP contribution in [0.5, 0.6) is 11.5 Å². The molecule has 3 aromatic carbocycles. The molecular formula is C26H24N4O4. The molecule has 4 rings (SSSR count). The number of hydrogen-bond donors (Lipinski definition) is 3. The lowest BCUT2D eigenvalue weighted by Gasteiger charge is -2.13. The number of carbonyl (C=O) groups excluding carboxylic acids is 2. The second-order valence-corrected chi connectivity index (χ2v) is 7.45. The Morgan fingerprint density at radius 3 is 2.26 bits per heavy atom. The van der Waals surface area contributed by atoms with Crippen LogP contribution in [0, 0.1) is 0 Å². The Balaban J connectivity index is 1.41. The Morgan fingerprint density at radius 1 is 0.853 bits per heavy atom. The maximum atomic E-state index is 12.4. The van der Waals surface area contributed by atoms with Crippen LogP contribution in [0.3, 0.4) is 0 Å². The number of fused-ring (bicyclic) bond motifs is 1. The smallest absolute Gasteiger partial charge is 0.269 e. The van der Waals surface area contributed by atoms with Crippen LogP contribution >= 0.6 is 0 Å². The van der Waals surface area contributed by atoms with Crippen LogP contribution in [-0.4, -0.2) is 31.0 Å². The zero-order valence-corrected chi connectivity index (χ0v) is 18.8. The molecule has 0 spiro atoms. The third kappa shape index (κ3) is 5.24. The van der Waals surface area contributed by atoms with Crippen molar-refractivity contribution in [2.24, 2.45) is 0 Å². The van der Waals surface area contributed by atoms with E-state index in [1.807, 2.05) is 48.5 Å². The van der Waals surface area contributed by atoms with E-state index in [2.05, 4.69) is 21.2 Å². The molecule has 0 radical (unpaired) electrons. The first kappa shape index (κ1) is 22.6. The fourth-order valence-corrected chi connectivity index (χ4v) is 3.47. The normalized spacial score (nSPS) is 10.4. The van der Waals surface area contributed by atoms with Gasteiger partial charge in [-0.25, -0.2) is 0 Å². The molecular weight excluding hydrogens is 432 g/mol. The number of rotatable bonds is 7. The highest BCUT2D eigenvalue weighted by Crippen LogP contribution is 2.35. The van der Waals surface area contributed by atoms with Gasteiger partial charge >= 0.3 is 0 Å². The number of amides is 2. The lowest BCUT2D eigenvalue weighted by atomic mass is 10.1. The van der Waals surface area contributed by atoms with Crippen molar-refractivity contribution in [2.45, 2.75) is 6.42 Å². The molecule has 8 heteroatoms. The number of nitrogens with one attached hydrogen (secondary N) is 3. The summed E-state index contributed by atoms with van der Waals surface area (Å²) in [5, 5.41) is 4.21. The molecule has 34 heavy (non-hydrogen) atoms.